The second-order valence-corrected chi connectivity index (χ2v) is 3.24. The fourth-order valence-electron chi connectivity index (χ4n) is 0.439. The third-order valence-corrected chi connectivity index (χ3v) is 1.67. The average Bonchev–Trinajstić information content (AvgIpc) is 2.00. The molecule has 0 aromatic carbocycles. The lowest BCUT2D eigenvalue weighted by Gasteiger charge is -2.19. The Morgan fingerprint density at radius 2 is 2.08 bits per heavy atom. The fourth-order valence-corrected chi connectivity index (χ4v) is 0.439. The van der Waals surface area contributed by atoms with E-state index < -0.39 is 11.6 Å². The van der Waals surface area contributed by atoms with Crippen LogP contribution >= 0.6 is 0 Å². The molecule has 0 aliphatic carbocycles. The number of carboxylic acid groups (broad SMARTS) is 1. The number of hydrogen-bond acceptors (Lipinski definition) is 2. The summed E-state index contributed by atoms with van der Waals surface area (Å²) in [4.78, 5) is 10.6. The molecule has 0 unspecified atom stereocenters. The molecule has 12 heavy (non-hydrogen) atoms. The first kappa shape index (κ1) is 11.2. The van der Waals surface area contributed by atoms with Crippen molar-refractivity contribution in [2.24, 2.45) is 0 Å². The Morgan fingerprint density at radius 1 is 1.58 bits per heavy atom. The van der Waals surface area contributed by atoms with Gasteiger partial charge in [-0.15, -0.1) is 0 Å². The number of ether oxygens (including phenoxy) is 1. The van der Waals surface area contributed by atoms with E-state index in [1.807, 2.05) is 19.9 Å². The van der Waals surface area contributed by atoms with Gasteiger partial charge in [0.25, 0.3) is 0 Å². The molecule has 0 aromatic rings. The lowest BCUT2D eigenvalue weighted by atomic mass is 10.1. The molecule has 0 aliphatic heterocycles. The normalized spacial score (nSPS) is 13.2. The lowest BCUT2D eigenvalue weighted by molar-refractivity contribution is -0.160. The van der Waals surface area contributed by atoms with E-state index in [4.69, 9.17) is 9.84 Å². The summed E-state index contributed by atoms with van der Waals surface area (Å²) in [6.07, 6.45) is 1.90. The van der Waals surface area contributed by atoms with Crippen LogP contribution in [0.25, 0.3) is 0 Å². The zero-order valence-corrected chi connectivity index (χ0v) is 8.05. The summed E-state index contributed by atoms with van der Waals surface area (Å²) in [6, 6.07) is 0. The van der Waals surface area contributed by atoms with Crippen molar-refractivity contribution < 1.29 is 14.6 Å². The van der Waals surface area contributed by atoms with Crippen LogP contribution in [-0.4, -0.2) is 23.3 Å². The van der Waals surface area contributed by atoms with Gasteiger partial charge in [0.1, 0.15) is 0 Å². The summed E-state index contributed by atoms with van der Waals surface area (Å²) in [7, 11) is 0. The van der Waals surface area contributed by atoms with Gasteiger partial charge >= 0.3 is 5.97 Å². The maximum atomic E-state index is 10.6. The molecule has 0 aromatic heterocycles. The summed E-state index contributed by atoms with van der Waals surface area (Å²) in [5.74, 6) is -0.939. The number of aliphatic carboxylic acids is 1. The molecule has 0 radical (unpaired) electrons. The van der Waals surface area contributed by atoms with Crippen molar-refractivity contribution in [3.05, 3.63) is 11.6 Å². The van der Waals surface area contributed by atoms with Crippen molar-refractivity contribution in [2.45, 2.75) is 33.3 Å². The van der Waals surface area contributed by atoms with Crippen LogP contribution in [0.15, 0.2) is 11.6 Å². The zero-order chi connectivity index (χ0) is 9.78. The Kier molecular flexibility index (Phi) is 3.96. The monoisotopic (exact) mass is 172 g/mol. The van der Waals surface area contributed by atoms with Crippen LogP contribution in [0, 0.1) is 0 Å². The predicted octanol–water partition coefficient (Wildman–Crippen LogP) is 1.83. The van der Waals surface area contributed by atoms with Gasteiger partial charge in [0.05, 0.1) is 6.61 Å². The largest absolute Gasteiger partial charge is 0.479 e. The van der Waals surface area contributed by atoms with Crippen molar-refractivity contribution in [1.82, 2.24) is 0 Å². The number of hydrogen-bond donors (Lipinski definition) is 1. The van der Waals surface area contributed by atoms with E-state index in [0.29, 0.717) is 6.61 Å². The van der Waals surface area contributed by atoms with Gasteiger partial charge in [0.15, 0.2) is 5.60 Å². The molecule has 70 valence electrons. The first-order chi connectivity index (χ1) is 5.40. The quantitative estimate of drug-likeness (QED) is 0.658. The van der Waals surface area contributed by atoms with Gasteiger partial charge in [-0.25, -0.2) is 4.79 Å². The lowest BCUT2D eigenvalue weighted by Crippen LogP contribution is -2.35. The maximum absolute atomic E-state index is 10.6. The maximum Gasteiger partial charge on any atom is 0.335 e. The number of allylic oxidation sites excluding steroid dienone is 1. The highest BCUT2D eigenvalue weighted by molar-refractivity contribution is 5.76. The Bertz CT molecular complexity index is 192. The zero-order valence-electron chi connectivity index (χ0n) is 8.05. The van der Waals surface area contributed by atoms with Gasteiger partial charge in [-0.2, -0.15) is 0 Å². The molecule has 0 spiro atoms. The second kappa shape index (κ2) is 4.26. The third-order valence-electron chi connectivity index (χ3n) is 1.67. The van der Waals surface area contributed by atoms with Crippen LogP contribution in [0.4, 0.5) is 0 Å². The third kappa shape index (κ3) is 3.53. The van der Waals surface area contributed by atoms with E-state index in [2.05, 4.69) is 0 Å². The van der Waals surface area contributed by atoms with Crippen LogP contribution in [0.3, 0.4) is 0 Å². The highest BCUT2D eigenvalue weighted by atomic mass is 16.5. The van der Waals surface area contributed by atoms with E-state index in [-0.39, 0.29) is 0 Å². The van der Waals surface area contributed by atoms with Gasteiger partial charge in [0.2, 0.25) is 0 Å². The molecule has 0 bridgehead atoms. The number of rotatable bonds is 4. The Hall–Kier alpha value is -0.830. The SMILES string of the molecule is CC=C(C)COC(C)(C)C(=O)O. The van der Waals surface area contributed by atoms with Gasteiger partial charge in [-0.05, 0) is 27.7 Å². The summed E-state index contributed by atoms with van der Waals surface area (Å²) in [5, 5.41) is 8.68. The van der Waals surface area contributed by atoms with Gasteiger partial charge < -0.3 is 9.84 Å². The second-order valence-electron chi connectivity index (χ2n) is 3.24. The van der Waals surface area contributed by atoms with Gasteiger partial charge in [-0.1, -0.05) is 11.6 Å². The molecule has 0 aliphatic rings. The van der Waals surface area contributed by atoms with Crippen molar-refractivity contribution in [3.63, 3.8) is 0 Å². The van der Waals surface area contributed by atoms with Crippen LogP contribution < -0.4 is 0 Å². The summed E-state index contributed by atoms with van der Waals surface area (Å²) < 4.78 is 5.18. The predicted molar refractivity (Wildman–Crippen MR) is 47.1 cm³/mol. The van der Waals surface area contributed by atoms with Gasteiger partial charge in [0, 0.05) is 0 Å². The first-order valence-electron chi connectivity index (χ1n) is 3.89. The Morgan fingerprint density at radius 3 is 2.42 bits per heavy atom. The minimum atomic E-state index is -1.09. The number of carboxylic acids is 1. The molecule has 0 atom stereocenters. The molecule has 0 saturated heterocycles. The Balaban J connectivity index is 4.01. The summed E-state index contributed by atoms with van der Waals surface area (Å²) in [5.41, 5.74) is -0.0612. The molecule has 0 saturated carbocycles. The molecular formula is C9H16O3. The highest BCUT2D eigenvalue weighted by Gasteiger charge is 2.27. The van der Waals surface area contributed by atoms with Crippen LogP contribution in [0.5, 0.6) is 0 Å². The minimum Gasteiger partial charge on any atom is -0.479 e. The Labute approximate surface area is 73.0 Å². The smallest absolute Gasteiger partial charge is 0.335 e. The molecule has 3 nitrogen and oxygen atoms in total. The number of carbonyl (C=O) groups is 1. The van der Waals surface area contributed by atoms with Crippen molar-refractivity contribution in [1.29, 1.82) is 0 Å². The van der Waals surface area contributed by atoms with Gasteiger partial charge in [-0.3, -0.25) is 0 Å². The average molecular weight is 172 g/mol. The van der Waals surface area contributed by atoms with Crippen molar-refractivity contribution in [2.75, 3.05) is 6.61 Å². The van der Waals surface area contributed by atoms with E-state index in [1.54, 1.807) is 0 Å². The van der Waals surface area contributed by atoms with E-state index in [1.165, 1.54) is 13.8 Å². The van der Waals surface area contributed by atoms with Crippen molar-refractivity contribution in [3.8, 4) is 0 Å². The fraction of sp³-hybridized carbons (Fsp3) is 0.667. The molecule has 1 N–H and O–H groups in total. The van der Waals surface area contributed by atoms with E-state index in [0.717, 1.165) is 5.57 Å². The molecule has 0 rings (SSSR count). The van der Waals surface area contributed by atoms with E-state index >= 15 is 0 Å². The minimum absolute atomic E-state index is 0.371. The van der Waals surface area contributed by atoms with E-state index in [9.17, 15) is 4.79 Å². The van der Waals surface area contributed by atoms with Crippen LogP contribution in [0.2, 0.25) is 0 Å². The topological polar surface area (TPSA) is 46.5 Å². The standard InChI is InChI=1S/C9H16O3/c1-5-7(2)6-12-9(3,4)8(10)11/h5H,6H2,1-4H3,(H,10,11). The summed E-state index contributed by atoms with van der Waals surface area (Å²) >= 11 is 0. The molecule has 3 heteroatoms. The highest BCUT2D eigenvalue weighted by Crippen LogP contribution is 2.10. The summed E-state index contributed by atoms with van der Waals surface area (Å²) in [6.45, 7) is 7.25. The molecule has 0 fully saturated rings. The molecule has 0 amide bonds. The molecule has 0 heterocycles. The van der Waals surface area contributed by atoms with Crippen LogP contribution in [-0.2, 0) is 9.53 Å². The molecular weight excluding hydrogens is 156 g/mol. The van der Waals surface area contributed by atoms with Crippen LogP contribution in [0.1, 0.15) is 27.7 Å². The van der Waals surface area contributed by atoms with Crippen molar-refractivity contribution >= 4 is 5.97 Å². The first-order valence-corrected chi connectivity index (χ1v) is 3.89.